The van der Waals surface area contributed by atoms with Gasteiger partial charge < -0.3 is 5.11 Å². The Kier molecular flexibility index (Phi) is 2.92. The van der Waals surface area contributed by atoms with E-state index >= 15 is 0 Å². The lowest BCUT2D eigenvalue weighted by molar-refractivity contribution is 0.142. The molecule has 2 aromatic rings. The van der Waals surface area contributed by atoms with Crippen molar-refractivity contribution < 1.29 is 5.11 Å². The first-order chi connectivity index (χ1) is 8.74. The highest BCUT2D eigenvalue weighted by Crippen LogP contribution is 2.36. The molecule has 0 bridgehead atoms. The molecular formula is C15H18N2O. The highest BCUT2D eigenvalue weighted by atomic mass is 16.3. The molecular weight excluding hydrogens is 224 g/mol. The van der Waals surface area contributed by atoms with Crippen LogP contribution in [0.1, 0.15) is 29.2 Å². The molecule has 3 nitrogen and oxygen atoms in total. The number of aliphatic hydroxyl groups is 1. The fourth-order valence-corrected chi connectivity index (χ4v) is 2.92. The van der Waals surface area contributed by atoms with E-state index in [9.17, 15) is 5.11 Å². The van der Waals surface area contributed by atoms with Crippen LogP contribution in [0.5, 0.6) is 0 Å². The van der Waals surface area contributed by atoms with E-state index in [-0.39, 0.29) is 12.0 Å². The van der Waals surface area contributed by atoms with Crippen molar-refractivity contribution in [2.75, 3.05) is 0 Å². The van der Waals surface area contributed by atoms with Crippen molar-refractivity contribution in [3.8, 4) is 0 Å². The van der Waals surface area contributed by atoms with Gasteiger partial charge in [-0.3, -0.25) is 4.68 Å². The zero-order valence-electron chi connectivity index (χ0n) is 10.6. The monoisotopic (exact) mass is 242 g/mol. The molecule has 0 radical (unpaired) electrons. The van der Waals surface area contributed by atoms with Gasteiger partial charge in [0.25, 0.3) is 0 Å². The van der Waals surface area contributed by atoms with Gasteiger partial charge in [-0.05, 0) is 30.0 Å². The third-order valence-corrected chi connectivity index (χ3v) is 3.83. The van der Waals surface area contributed by atoms with Crippen LogP contribution in [0.2, 0.25) is 0 Å². The first-order valence-corrected chi connectivity index (χ1v) is 6.48. The molecule has 0 amide bonds. The van der Waals surface area contributed by atoms with Gasteiger partial charge in [-0.25, -0.2) is 0 Å². The number of aliphatic hydroxyl groups excluding tert-OH is 1. The average Bonchev–Trinajstić information content (AvgIpc) is 2.95. The fourth-order valence-electron chi connectivity index (χ4n) is 2.92. The smallest absolute Gasteiger partial charge is 0.0664 e. The van der Waals surface area contributed by atoms with E-state index in [0.29, 0.717) is 6.42 Å². The van der Waals surface area contributed by atoms with Crippen LogP contribution >= 0.6 is 0 Å². The van der Waals surface area contributed by atoms with Crippen LogP contribution in [-0.2, 0) is 19.9 Å². The number of hydrogen-bond donors (Lipinski definition) is 1. The largest absolute Gasteiger partial charge is 0.392 e. The molecule has 3 heteroatoms. The highest BCUT2D eigenvalue weighted by Gasteiger charge is 2.28. The summed E-state index contributed by atoms with van der Waals surface area (Å²) in [6.07, 6.45) is 4.36. The van der Waals surface area contributed by atoms with Gasteiger partial charge in [-0.2, -0.15) is 5.10 Å². The Morgan fingerprint density at radius 2 is 2.22 bits per heavy atom. The minimum absolute atomic E-state index is 0.267. The summed E-state index contributed by atoms with van der Waals surface area (Å²) in [5.41, 5.74) is 3.68. The predicted octanol–water partition coefficient (Wildman–Crippen LogP) is 2.05. The summed E-state index contributed by atoms with van der Waals surface area (Å²) in [5, 5.41) is 14.7. The molecule has 1 aromatic carbocycles. The second-order valence-electron chi connectivity index (χ2n) is 5.10. The normalized spacial score (nSPS) is 19.8. The van der Waals surface area contributed by atoms with Gasteiger partial charge >= 0.3 is 0 Å². The SMILES string of the molecule is Cn1ccc(CC(O)C2CCc3ccccc32)n1. The summed E-state index contributed by atoms with van der Waals surface area (Å²) in [5.74, 6) is 0.267. The molecule has 1 N–H and O–H groups in total. The van der Waals surface area contributed by atoms with Crippen LogP contribution in [0.25, 0.3) is 0 Å². The quantitative estimate of drug-likeness (QED) is 0.894. The Morgan fingerprint density at radius 1 is 1.39 bits per heavy atom. The number of aryl methyl sites for hydroxylation is 2. The first kappa shape index (κ1) is 11.5. The van der Waals surface area contributed by atoms with Crippen LogP contribution in [0, 0.1) is 0 Å². The third kappa shape index (κ3) is 2.06. The van der Waals surface area contributed by atoms with Crippen molar-refractivity contribution >= 4 is 0 Å². The summed E-state index contributed by atoms with van der Waals surface area (Å²) in [4.78, 5) is 0. The molecule has 1 heterocycles. The summed E-state index contributed by atoms with van der Waals surface area (Å²) < 4.78 is 1.78. The molecule has 1 aliphatic carbocycles. The third-order valence-electron chi connectivity index (χ3n) is 3.83. The molecule has 0 fully saturated rings. The van der Waals surface area contributed by atoms with Crippen molar-refractivity contribution in [1.82, 2.24) is 9.78 Å². The Labute approximate surface area is 107 Å². The molecule has 0 saturated heterocycles. The number of benzene rings is 1. The molecule has 2 atom stereocenters. The molecule has 1 aliphatic rings. The van der Waals surface area contributed by atoms with Gasteiger partial charge in [0.2, 0.25) is 0 Å². The highest BCUT2D eigenvalue weighted by molar-refractivity contribution is 5.35. The Balaban J connectivity index is 1.76. The maximum absolute atomic E-state index is 10.4. The van der Waals surface area contributed by atoms with E-state index < -0.39 is 0 Å². The van der Waals surface area contributed by atoms with Gasteiger partial charge in [-0.1, -0.05) is 24.3 Å². The van der Waals surface area contributed by atoms with E-state index in [1.165, 1.54) is 11.1 Å². The fraction of sp³-hybridized carbons (Fsp3) is 0.400. The van der Waals surface area contributed by atoms with Gasteiger partial charge in [0.1, 0.15) is 0 Å². The first-order valence-electron chi connectivity index (χ1n) is 6.48. The summed E-state index contributed by atoms with van der Waals surface area (Å²) in [7, 11) is 1.90. The number of aromatic nitrogens is 2. The Hall–Kier alpha value is -1.61. The lowest BCUT2D eigenvalue weighted by Crippen LogP contribution is -2.19. The van der Waals surface area contributed by atoms with E-state index in [4.69, 9.17) is 0 Å². The molecule has 0 spiro atoms. The number of rotatable bonds is 3. The van der Waals surface area contributed by atoms with E-state index in [1.54, 1.807) is 4.68 Å². The topological polar surface area (TPSA) is 38.0 Å². The molecule has 0 aliphatic heterocycles. The Bertz CT molecular complexity index is 547. The molecule has 0 saturated carbocycles. The van der Waals surface area contributed by atoms with E-state index in [0.717, 1.165) is 18.5 Å². The lowest BCUT2D eigenvalue weighted by atomic mass is 9.92. The van der Waals surface area contributed by atoms with Gasteiger partial charge in [-0.15, -0.1) is 0 Å². The maximum Gasteiger partial charge on any atom is 0.0664 e. The molecule has 2 unspecified atom stereocenters. The van der Waals surface area contributed by atoms with Crippen molar-refractivity contribution in [2.24, 2.45) is 7.05 Å². The van der Waals surface area contributed by atoms with E-state index in [1.807, 2.05) is 19.3 Å². The van der Waals surface area contributed by atoms with Gasteiger partial charge in [0.15, 0.2) is 0 Å². The van der Waals surface area contributed by atoms with Crippen LogP contribution in [0.4, 0.5) is 0 Å². The minimum Gasteiger partial charge on any atom is -0.392 e. The van der Waals surface area contributed by atoms with Crippen molar-refractivity contribution in [1.29, 1.82) is 0 Å². The van der Waals surface area contributed by atoms with Crippen molar-refractivity contribution in [2.45, 2.75) is 31.3 Å². The van der Waals surface area contributed by atoms with Crippen LogP contribution in [-0.4, -0.2) is 21.0 Å². The number of fused-ring (bicyclic) bond motifs is 1. The summed E-state index contributed by atoms with van der Waals surface area (Å²) in [6.45, 7) is 0. The second-order valence-corrected chi connectivity index (χ2v) is 5.10. The van der Waals surface area contributed by atoms with Crippen molar-refractivity contribution in [3.05, 3.63) is 53.3 Å². The molecule has 3 rings (SSSR count). The zero-order valence-corrected chi connectivity index (χ0v) is 10.6. The lowest BCUT2D eigenvalue weighted by Gasteiger charge is -2.18. The summed E-state index contributed by atoms with van der Waals surface area (Å²) >= 11 is 0. The average molecular weight is 242 g/mol. The van der Waals surface area contributed by atoms with Gasteiger partial charge in [0, 0.05) is 25.6 Å². The molecule has 18 heavy (non-hydrogen) atoms. The minimum atomic E-state index is -0.330. The van der Waals surface area contributed by atoms with Crippen LogP contribution < -0.4 is 0 Å². The molecule has 94 valence electrons. The van der Waals surface area contributed by atoms with Crippen LogP contribution in [0.15, 0.2) is 36.5 Å². The number of hydrogen-bond acceptors (Lipinski definition) is 2. The Morgan fingerprint density at radius 3 is 3.00 bits per heavy atom. The summed E-state index contributed by atoms with van der Waals surface area (Å²) in [6, 6.07) is 10.4. The maximum atomic E-state index is 10.4. The predicted molar refractivity (Wildman–Crippen MR) is 70.4 cm³/mol. The van der Waals surface area contributed by atoms with Crippen LogP contribution in [0.3, 0.4) is 0 Å². The zero-order chi connectivity index (χ0) is 12.5. The molecule has 1 aromatic heterocycles. The van der Waals surface area contributed by atoms with E-state index in [2.05, 4.69) is 29.4 Å². The standard InChI is InChI=1S/C15H18N2O/c1-17-9-8-12(16-17)10-15(18)14-7-6-11-4-2-3-5-13(11)14/h2-5,8-9,14-15,18H,6-7,10H2,1H3. The van der Waals surface area contributed by atoms with Crippen molar-refractivity contribution in [3.63, 3.8) is 0 Å². The number of nitrogens with zero attached hydrogens (tertiary/aromatic N) is 2. The van der Waals surface area contributed by atoms with Gasteiger partial charge in [0.05, 0.1) is 11.8 Å². The second kappa shape index (κ2) is 4.58.